The predicted octanol–water partition coefficient (Wildman–Crippen LogP) is 2.97. The van der Waals surface area contributed by atoms with E-state index >= 15 is 0 Å². The maximum Gasteiger partial charge on any atom is 0.0649 e. The van der Waals surface area contributed by atoms with Crippen LogP contribution in [0.15, 0.2) is 0 Å². The Balaban J connectivity index is 0. The molecule has 124 valence electrons. The van der Waals surface area contributed by atoms with Crippen molar-refractivity contribution in [2.45, 2.75) is 65.9 Å². The normalized spacial score (nSPS) is 11.4. The topological polar surface area (TPSA) is 64.7 Å². The van der Waals surface area contributed by atoms with Crippen LogP contribution < -0.4 is 5.73 Å². The summed E-state index contributed by atoms with van der Waals surface area (Å²) in [6.07, 6.45) is 4.30. The molecule has 0 saturated carbocycles. The third kappa shape index (κ3) is 20.2. The molecule has 0 amide bonds. The van der Waals surface area contributed by atoms with Gasteiger partial charge in [-0.3, -0.25) is 0 Å². The molecule has 0 aliphatic carbocycles. The fraction of sp³-hybridized carbons (Fsp3) is 1.00. The molecule has 4 heteroatoms. The van der Waals surface area contributed by atoms with Gasteiger partial charge in [0.2, 0.25) is 0 Å². The minimum absolute atomic E-state index is 0.164. The third-order valence-corrected chi connectivity index (χ3v) is 2.81. The van der Waals surface area contributed by atoms with E-state index in [-0.39, 0.29) is 12.2 Å². The lowest BCUT2D eigenvalue weighted by Crippen LogP contribution is -2.28. The highest BCUT2D eigenvalue weighted by Crippen LogP contribution is 2.12. The van der Waals surface area contributed by atoms with E-state index in [2.05, 4.69) is 20.8 Å². The van der Waals surface area contributed by atoms with Gasteiger partial charge in [0.15, 0.2) is 0 Å². The van der Waals surface area contributed by atoms with Crippen LogP contribution in [0.5, 0.6) is 0 Å². The van der Waals surface area contributed by atoms with Gasteiger partial charge < -0.3 is 20.3 Å². The summed E-state index contributed by atoms with van der Waals surface area (Å²) < 4.78 is 10.7. The fourth-order valence-corrected chi connectivity index (χ4v) is 1.34. The molecule has 0 bridgehead atoms. The van der Waals surface area contributed by atoms with Crippen LogP contribution in [0.3, 0.4) is 0 Å². The first-order chi connectivity index (χ1) is 9.39. The standard InChI is InChI=1S/C9H20O.C7H17NO2/c1-4-5-7-10-8-6-9(2)3;1-7(2,3-5-9)10-6-4-8/h9H,4-8H2,1-3H3;9H,3-6,8H2,1-2H3. The van der Waals surface area contributed by atoms with Crippen LogP contribution >= 0.6 is 0 Å². The lowest BCUT2D eigenvalue weighted by Gasteiger charge is -2.23. The van der Waals surface area contributed by atoms with E-state index in [1.807, 2.05) is 13.8 Å². The first-order valence-electron chi connectivity index (χ1n) is 7.92. The van der Waals surface area contributed by atoms with Gasteiger partial charge in [0.05, 0.1) is 12.2 Å². The highest BCUT2D eigenvalue weighted by Gasteiger charge is 2.16. The van der Waals surface area contributed by atoms with E-state index in [0.717, 1.165) is 19.1 Å². The second kappa shape index (κ2) is 15.2. The van der Waals surface area contributed by atoms with E-state index in [4.69, 9.17) is 20.3 Å². The van der Waals surface area contributed by atoms with Crippen LogP contribution in [0, 0.1) is 5.92 Å². The summed E-state index contributed by atoms with van der Waals surface area (Å²) in [6, 6.07) is 0. The number of unbranched alkanes of at least 4 members (excludes halogenated alkanes) is 1. The summed E-state index contributed by atoms with van der Waals surface area (Å²) in [6.45, 7) is 13.7. The van der Waals surface area contributed by atoms with Crippen LogP contribution in [-0.4, -0.2) is 43.7 Å². The fourth-order valence-electron chi connectivity index (χ4n) is 1.34. The van der Waals surface area contributed by atoms with Crippen LogP contribution in [0.2, 0.25) is 0 Å². The number of rotatable bonds is 11. The molecule has 4 nitrogen and oxygen atoms in total. The van der Waals surface area contributed by atoms with E-state index < -0.39 is 0 Å². The first-order valence-corrected chi connectivity index (χ1v) is 7.92. The average molecular weight is 291 g/mol. The second-order valence-electron chi connectivity index (χ2n) is 6.02. The smallest absolute Gasteiger partial charge is 0.0649 e. The Morgan fingerprint density at radius 1 is 1.15 bits per heavy atom. The Morgan fingerprint density at radius 3 is 2.25 bits per heavy atom. The molecule has 0 aromatic rings. The van der Waals surface area contributed by atoms with E-state index in [1.165, 1.54) is 19.3 Å². The molecule has 0 spiro atoms. The maximum atomic E-state index is 8.59. The van der Waals surface area contributed by atoms with Crippen molar-refractivity contribution in [3.05, 3.63) is 0 Å². The molecule has 20 heavy (non-hydrogen) atoms. The molecule has 0 heterocycles. The number of nitrogens with two attached hydrogens (primary N) is 1. The number of hydrogen-bond acceptors (Lipinski definition) is 4. The molecule has 0 rings (SSSR count). The monoisotopic (exact) mass is 291 g/mol. The van der Waals surface area contributed by atoms with E-state index in [9.17, 15) is 0 Å². The quantitative estimate of drug-likeness (QED) is 0.574. The molecule has 0 atom stereocenters. The van der Waals surface area contributed by atoms with Crippen molar-refractivity contribution < 1.29 is 14.6 Å². The Hall–Kier alpha value is -0.160. The van der Waals surface area contributed by atoms with Crippen molar-refractivity contribution in [1.82, 2.24) is 0 Å². The van der Waals surface area contributed by atoms with Gasteiger partial charge in [0, 0.05) is 26.4 Å². The van der Waals surface area contributed by atoms with Crippen molar-refractivity contribution >= 4 is 0 Å². The number of ether oxygens (including phenoxy) is 2. The molecular weight excluding hydrogens is 254 g/mol. The molecule has 0 radical (unpaired) electrons. The summed E-state index contributed by atoms with van der Waals surface area (Å²) >= 11 is 0. The Bertz CT molecular complexity index is 185. The molecule has 0 unspecified atom stereocenters. The SMILES string of the molecule is CC(C)(CCO)OCCN.CCCCOCCC(C)C. The van der Waals surface area contributed by atoms with Crippen LogP contribution in [0.1, 0.15) is 60.3 Å². The first kappa shape index (κ1) is 22.1. The summed E-state index contributed by atoms with van der Waals surface area (Å²) in [7, 11) is 0. The largest absolute Gasteiger partial charge is 0.396 e. The van der Waals surface area contributed by atoms with Gasteiger partial charge in [0.1, 0.15) is 0 Å². The van der Waals surface area contributed by atoms with Crippen molar-refractivity contribution in [2.24, 2.45) is 11.7 Å². The minimum Gasteiger partial charge on any atom is -0.396 e. The highest BCUT2D eigenvalue weighted by atomic mass is 16.5. The second-order valence-corrected chi connectivity index (χ2v) is 6.02. The minimum atomic E-state index is -0.228. The predicted molar refractivity (Wildman–Crippen MR) is 86.0 cm³/mol. The molecule has 0 fully saturated rings. The van der Waals surface area contributed by atoms with Gasteiger partial charge in [-0.05, 0) is 39.0 Å². The van der Waals surface area contributed by atoms with Crippen molar-refractivity contribution in [3.8, 4) is 0 Å². The molecule has 0 aromatic carbocycles. The van der Waals surface area contributed by atoms with Gasteiger partial charge in [-0.15, -0.1) is 0 Å². The molecule has 0 aromatic heterocycles. The Morgan fingerprint density at radius 2 is 1.80 bits per heavy atom. The van der Waals surface area contributed by atoms with E-state index in [0.29, 0.717) is 19.6 Å². The van der Waals surface area contributed by atoms with Crippen molar-refractivity contribution in [2.75, 3.05) is 33.0 Å². The molecule has 3 N–H and O–H groups in total. The lowest BCUT2D eigenvalue weighted by atomic mass is 10.1. The van der Waals surface area contributed by atoms with Crippen LogP contribution in [-0.2, 0) is 9.47 Å². The Kier molecular flexibility index (Phi) is 16.9. The van der Waals surface area contributed by atoms with Crippen LogP contribution in [0.4, 0.5) is 0 Å². The molecule has 0 aliphatic rings. The summed E-state index contributed by atoms with van der Waals surface area (Å²) in [5, 5.41) is 8.59. The summed E-state index contributed by atoms with van der Waals surface area (Å²) in [4.78, 5) is 0. The zero-order valence-corrected chi connectivity index (χ0v) is 14.3. The zero-order valence-electron chi connectivity index (χ0n) is 14.3. The van der Waals surface area contributed by atoms with Gasteiger partial charge in [0.25, 0.3) is 0 Å². The van der Waals surface area contributed by atoms with Crippen LogP contribution in [0.25, 0.3) is 0 Å². The molecule has 0 aliphatic heterocycles. The van der Waals surface area contributed by atoms with Crippen molar-refractivity contribution in [3.63, 3.8) is 0 Å². The zero-order chi connectivity index (χ0) is 15.9. The molecule has 0 saturated heterocycles. The van der Waals surface area contributed by atoms with Gasteiger partial charge >= 0.3 is 0 Å². The average Bonchev–Trinajstić information content (AvgIpc) is 2.37. The van der Waals surface area contributed by atoms with Gasteiger partial charge in [-0.25, -0.2) is 0 Å². The highest BCUT2D eigenvalue weighted by molar-refractivity contribution is 4.67. The molecular formula is C16H37NO3. The van der Waals surface area contributed by atoms with E-state index in [1.54, 1.807) is 0 Å². The van der Waals surface area contributed by atoms with Gasteiger partial charge in [-0.2, -0.15) is 0 Å². The third-order valence-electron chi connectivity index (χ3n) is 2.81. The Labute approximate surface area is 126 Å². The number of aliphatic hydroxyl groups excluding tert-OH is 1. The summed E-state index contributed by atoms with van der Waals surface area (Å²) in [5.74, 6) is 0.779. The lowest BCUT2D eigenvalue weighted by molar-refractivity contribution is -0.0285. The summed E-state index contributed by atoms with van der Waals surface area (Å²) in [5.41, 5.74) is 5.02. The number of hydrogen-bond donors (Lipinski definition) is 2. The number of aliphatic hydroxyl groups is 1. The maximum absolute atomic E-state index is 8.59. The van der Waals surface area contributed by atoms with Gasteiger partial charge in [-0.1, -0.05) is 27.2 Å². The van der Waals surface area contributed by atoms with Crippen molar-refractivity contribution in [1.29, 1.82) is 0 Å².